The number of hydrogen-bond acceptors (Lipinski definition) is 5. The molecule has 1 aliphatic heterocycles. The second-order valence-electron chi connectivity index (χ2n) is 5.28. The van der Waals surface area contributed by atoms with Gasteiger partial charge in [-0.25, -0.2) is 4.99 Å². The molecule has 0 radical (unpaired) electrons. The van der Waals surface area contributed by atoms with Crippen LogP contribution in [-0.4, -0.2) is 21.9 Å². The summed E-state index contributed by atoms with van der Waals surface area (Å²) >= 11 is 2.81. The van der Waals surface area contributed by atoms with Crippen molar-refractivity contribution in [2.24, 2.45) is 4.99 Å². The molecule has 124 valence electrons. The molecule has 1 aliphatic rings. The molecule has 0 saturated heterocycles. The van der Waals surface area contributed by atoms with E-state index in [1.165, 1.54) is 11.8 Å². The fourth-order valence-electron chi connectivity index (χ4n) is 2.47. The molecule has 1 heterocycles. The van der Waals surface area contributed by atoms with Gasteiger partial charge in [0, 0.05) is 5.56 Å². The van der Waals surface area contributed by atoms with Crippen LogP contribution in [0.2, 0.25) is 0 Å². The van der Waals surface area contributed by atoms with Crippen LogP contribution in [0.15, 0.2) is 47.1 Å². The molecule has 0 spiro atoms. The number of nitrogens with zero attached hydrogens (tertiary/aromatic N) is 1. The number of carbonyl (C=O) groups is 1. The summed E-state index contributed by atoms with van der Waals surface area (Å²) in [6, 6.07) is 12.2. The van der Waals surface area contributed by atoms with Crippen molar-refractivity contribution in [1.82, 2.24) is 0 Å². The van der Waals surface area contributed by atoms with Gasteiger partial charge in [0.15, 0.2) is 0 Å². The van der Waals surface area contributed by atoms with E-state index in [1.807, 2.05) is 24.3 Å². The number of hydrogen-bond donors (Lipinski definition) is 0. The maximum absolute atomic E-state index is 12.3. The van der Waals surface area contributed by atoms with Crippen molar-refractivity contribution >= 4 is 49.9 Å². The minimum Gasteiger partial charge on any atom is -0.493 e. The first-order valence-electron chi connectivity index (χ1n) is 8.02. The summed E-state index contributed by atoms with van der Waals surface area (Å²) in [5.41, 5.74) is 1.42. The van der Waals surface area contributed by atoms with Gasteiger partial charge in [-0.3, -0.25) is 4.79 Å². The molecule has 0 atom stereocenters. The van der Waals surface area contributed by atoms with Gasteiger partial charge >= 0.3 is 0 Å². The highest BCUT2D eigenvalue weighted by Crippen LogP contribution is 2.35. The third-order valence-electron chi connectivity index (χ3n) is 3.54. The predicted molar refractivity (Wildman–Crippen MR) is 106 cm³/mol. The molecule has 0 aromatic heterocycles. The molecule has 0 unspecified atom stereocenters. The second kappa shape index (κ2) is 7.90. The van der Waals surface area contributed by atoms with Crippen molar-refractivity contribution in [2.45, 2.75) is 20.3 Å². The van der Waals surface area contributed by atoms with E-state index in [0.29, 0.717) is 12.3 Å². The normalized spacial score (nSPS) is 16.0. The lowest BCUT2D eigenvalue weighted by Crippen LogP contribution is -1.98. The molecule has 24 heavy (non-hydrogen) atoms. The van der Waals surface area contributed by atoms with Gasteiger partial charge in [-0.05, 0) is 46.9 Å². The summed E-state index contributed by atoms with van der Waals surface area (Å²) in [4.78, 5) is 16.7. The first-order valence-corrected chi connectivity index (χ1v) is 9.83. The number of thioether (sulfide) groups is 2. The summed E-state index contributed by atoms with van der Waals surface area (Å²) in [6.45, 7) is 4.79. The smallest absolute Gasteiger partial charge is 0.244 e. The summed E-state index contributed by atoms with van der Waals surface area (Å²) in [6.07, 6.45) is 2.80. The van der Waals surface area contributed by atoms with Gasteiger partial charge in [0.1, 0.15) is 15.8 Å². The zero-order valence-corrected chi connectivity index (χ0v) is 15.4. The molecule has 2 aromatic carbocycles. The van der Waals surface area contributed by atoms with Gasteiger partial charge in [-0.2, -0.15) is 0 Å². The number of aliphatic imine (C=N–C) groups is 1. The Morgan fingerprint density at radius 2 is 2.04 bits per heavy atom. The minimum atomic E-state index is 0.000302. The van der Waals surface area contributed by atoms with Crippen LogP contribution in [0.5, 0.6) is 5.75 Å². The second-order valence-corrected chi connectivity index (χ2v) is 7.75. The topological polar surface area (TPSA) is 38.7 Å². The van der Waals surface area contributed by atoms with Gasteiger partial charge in [-0.15, -0.1) is 0 Å². The van der Waals surface area contributed by atoms with Crippen molar-refractivity contribution in [3.8, 4) is 5.75 Å². The van der Waals surface area contributed by atoms with Gasteiger partial charge in [0.05, 0.1) is 6.61 Å². The fourth-order valence-corrected chi connectivity index (χ4v) is 4.21. The molecule has 2 aromatic rings. The summed E-state index contributed by atoms with van der Waals surface area (Å²) in [5, 5.41) is 2.20. The van der Waals surface area contributed by atoms with E-state index in [4.69, 9.17) is 4.74 Å². The maximum atomic E-state index is 12.3. The number of fused-ring (bicyclic) bond motifs is 1. The quantitative estimate of drug-likeness (QED) is 0.676. The van der Waals surface area contributed by atoms with Crippen molar-refractivity contribution in [3.63, 3.8) is 0 Å². The fraction of sp³-hybridized carbons (Fsp3) is 0.263. The van der Waals surface area contributed by atoms with Crippen LogP contribution in [0.4, 0.5) is 0 Å². The average Bonchev–Trinajstić information content (AvgIpc) is 2.94. The van der Waals surface area contributed by atoms with Crippen molar-refractivity contribution in [3.05, 3.63) is 47.7 Å². The SMILES string of the molecule is CCCOc1ccc2ccccc2c1/C=C1/N=C(SCC)SC1=O. The molecule has 0 amide bonds. The molecule has 0 fully saturated rings. The lowest BCUT2D eigenvalue weighted by Gasteiger charge is -2.11. The lowest BCUT2D eigenvalue weighted by molar-refractivity contribution is -0.107. The van der Waals surface area contributed by atoms with Crippen molar-refractivity contribution in [1.29, 1.82) is 0 Å². The Hall–Kier alpha value is -1.72. The van der Waals surface area contributed by atoms with E-state index in [2.05, 4.69) is 37.0 Å². The van der Waals surface area contributed by atoms with E-state index >= 15 is 0 Å². The summed E-state index contributed by atoms with van der Waals surface area (Å²) < 4.78 is 6.72. The Labute approximate surface area is 150 Å². The minimum absolute atomic E-state index is 0.000302. The highest BCUT2D eigenvalue weighted by molar-refractivity contribution is 8.45. The molecular formula is C19H19NO2S2. The molecule has 3 rings (SSSR count). The Bertz CT molecular complexity index is 827. The first-order chi connectivity index (χ1) is 11.7. The van der Waals surface area contributed by atoms with Crippen LogP contribution in [0.25, 0.3) is 16.8 Å². The number of benzene rings is 2. The Balaban J connectivity index is 2.09. The van der Waals surface area contributed by atoms with E-state index in [9.17, 15) is 4.79 Å². The maximum Gasteiger partial charge on any atom is 0.244 e. The molecule has 3 nitrogen and oxygen atoms in total. The highest BCUT2D eigenvalue weighted by atomic mass is 32.2. The van der Waals surface area contributed by atoms with Gasteiger partial charge in [-0.1, -0.05) is 55.9 Å². The molecule has 0 saturated carbocycles. The Morgan fingerprint density at radius 1 is 1.21 bits per heavy atom. The number of rotatable bonds is 5. The molecular weight excluding hydrogens is 338 g/mol. The number of ether oxygens (including phenoxy) is 1. The standard InChI is InChI=1S/C19H19NO2S2/c1-3-11-22-17-10-9-13-7-5-6-8-14(13)15(17)12-16-18(21)24-19(20-16)23-4-2/h5-10,12H,3-4,11H2,1-2H3/b16-12+. The predicted octanol–water partition coefficient (Wildman–Crippen LogP) is 5.35. The summed E-state index contributed by atoms with van der Waals surface area (Å²) in [7, 11) is 0. The Morgan fingerprint density at radius 3 is 2.83 bits per heavy atom. The van der Waals surface area contributed by atoms with Crippen LogP contribution >= 0.6 is 23.5 Å². The first kappa shape index (κ1) is 17.1. The third kappa shape index (κ3) is 3.68. The summed E-state index contributed by atoms with van der Waals surface area (Å²) in [5.74, 6) is 1.71. The van der Waals surface area contributed by atoms with Crippen LogP contribution in [0, 0.1) is 0 Å². The van der Waals surface area contributed by atoms with Crippen LogP contribution < -0.4 is 4.74 Å². The van der Waals surface area contributed by atoms with Crippen LogP contribution in [0.3, 0.4) is 0 Å². The van der Waals surface area contributed by atoms with E-state index < -0.39 is 0 Å². The molecule has 0 N–H and O–H groups in total. The molecule has 0 aliphatic carbocycles. The van der Waals surface area contributed by atoms with Crippen LogP contribution in [-0.2, 0) is 4.79 Å². The van der Waals surface area contributed by atoms with Gasteiger partial charge in [0.2, 0.25) is 5.12 Å². The van der Waals surface area contributed by atoms with E-state index in [-0.39, 0.29) is 5.12 Å². The van der Waals surface area contributed by atoms with Crippen LogP contribution in [0.1, 0.15) is 25.8 Å². The monoisotopic (exact) mass is 357 g/mol. The van der Waals surface area contributed by atoms with Gasteiger partial charge in [0.25, 0.3) is 0 Å². The largest absolute Gasteiger partial charge is 0.493 e. The highest BCUT2D eigenvalue weighted by Gasteiger charge is 2.23. The van der Waals surface area contributed by atoms with Crippen molar-refractivity contribution in [2.75, 3.05) is 12.4 Å². The molecule has 5 heteroatoms. The van der Waals surface area contributed by atoms with Gasteiger partial charge < -0.3 is 4.74 Å². The third-order valence-corrected chi connectivity index (χ3v) is 5.43. The zero-order valence-electron chi connectivity index (χ0n) is 13.7. The van der Waals surface area contributed by atoms with E-state index in [0.717, 1.165) is 38.6 Å². The number of carbonyl (C=O) groups excluding carboxylic acids is 1. The molecule has 0 bridgehead atoms. The zero-order chi connectivity index (χ0) is 16.9. The van der Waals surface area contributed by atoms with E-state index in [1.54, 1.807) is 11.8 Å². The average molecular weight is 358 g/mol. The van der Waals surface area contributed by atoms with Crippen molar-refractivity contribution < 1.29 is 9.53 Å². The Kier molecular flexibility index (Phi) is 5.63. The lowest BCUT2D eigenvalue weighted by atomic mass is 10.0.